The Bertz CT molecular complexity index is 635. The molecule has 2 rings (SSSR count). The molecule has 0 saturated carbocycles. The number of benzene rings is 1. The third-order valence-corrected chi connectivity index (χ3v) is 3.49. The van der Waals surface area contributed by atoms with Crippen LogP contribution in [0.25, 0.3) is 0 Å². The molecule has 3 nitrogen and oxygen atoms in total. The number of nitrogens with one attached hydrogen (secondary N) is 1. The summed E-state index contributed by atoms with van der Waals surface area (Å²) in [5.41, 5.74) is 2.23. The number of aryl methyl sites for hydroxylation is 1. The summed E-state index contributed by atoms with van der Waals surface area (Å²) in [7, 11) is 0. The van der Waals surface area contributed by atoms with E-state index in [4.69, 9.17) is 16.9 Å². The quantitative estimate of drug-likeness (QED) is 0.890. The SMILES string of the molecule is Cc1cc(C#N)cc(Nc2ccc(Cl)c(Br)c2)n1. The molecule has 0 saturated heterocycles. The summed E-state index contributed by atoms with van der Waals surface area (Å²) in [6.07, 6.45) is 0. The lowest BCUT2D eigenvalue weighted by molar-refractivity contribution is 1.19. The lowest BCUT2D eigenvalue weighted by atomic mass is 10.2. The van der Waals surface area contributed by atoms with Gasteiger partial charge in [0, 0.05) is 15.9 Å². The van der Waals surface area contributed by atoms with E-state index in [9.17, 15) is 0 Å². The number of aromatic nitrogens is 1. The molecule has 0 spiro atoms. The first-order valence-electron chi connectivity index (χ1n) is 5.19. The van der Waals surface area contributed by atoms with Crippen molar-refractivity contribution in [3.63, 3.8) is 0 Å². The van der Waals surface area contributed by atoms with Crippen LogP contribution in [0.4, 0.5) is 11.5 Å². The number of hydrogen-bond acceptors (Lipinski definition) is 3. The summed E-state index contributed by atoms with van der Waals surface area (Å²) >= 11 is 9.28. The Morgan fingerprint density at radius 3 is 2.78 bits per heavy atom. The second kappa shape index (κ2) is 5.38. The summed E-state index contributed by atoms with van der Waals surface area (Å²) < 4.78 is 0.808. The van der Waals surface area contributed by atoms with Crippen molar-refractivity contribution >= 4 is 39.0 Å². The van der Waals surface area contributed by atoms with Gasteiger partial charge in [0.2, 0.25) is 0 Å². The second-order valence-corrected chi connectivity index (χ2v) is 5.01. The second-order valence-electron chi connectivity index (χ2n) is 3.75. The van der Waals surface area contributed by atoms with Gasteiger partial charge in [-0.3, -0.25) is 0 Å². The van der Waals surface area contributed by atoms with Crippen LogP contribution in [0.5, 0.6) is 0 Å². The van der Waals surface area contributed by atoms with Gasteiger partial charge in [0.1, 0.15) is 5.82 Å². The largest absolute Gasteiger partial charge is 0.340 e. The van der Waals surface area contributed by atoms with E-state index in [2.05, 4.69) is 32.3 Å². The highest BCUT2D eigenvalue weighted by Crippen LogP contribution is 2.27. The Morgan fingerprint density at radius 2 is 2.11 bits per heavy atom. The number of rotatable bonds is 2. The average molecular weight is 323 g/mol. The number of nitrogens with zero attached hydrogens (tertiary/aromatic N) is 2. The number of anilines is 2. The van der Waals surface area contributed by atoms with Crippen molar-refractivity contribution in [2.45, 2.75) is 6.92 Å². The zero-order chi connectivity index (χ0) is 13.1. The van der Waals surface area contributed by atoms with Crippen molar-refractivity contribution in [3.05, 3.63) is 51.1 Å². The van der Waals surface area contributed by atoms with E-state index in [0.717, 1.165) is 15.9 Å². The molecular weight excluding hydrogens is 314 g/mol. The normalized spacial score (nSPS) is 9.89. The molecule has 1 aromatic heterocycles. The smallest absolute Gasteiger partial charge is 0.131 e. The number of hydrogen-bond donors (Lipinski definition) is 1. The Hall–Kier alpha value is -1.57. The van der Waals surface area contributed by atoms with Crippen molar-refractivity contribution in [2.24, 2.45) is 0 Å². The van der Waals surface area contributed by atoms with Gasteiger partial charge in [0.25, 0.3) is 0 Å². The molecule has 0 unspecified atom stereocenters. The third kappa shape index (κ3) is 3.00. The highest BCUT2D eigenvalue weighted by Gasteiger charge is 2.02. The van der Waals surface area contributed by atoms with E-state index in [1.165, 1.54) is 0 Å². The van der Waals surface area contributed by atoms with Crippen molar-refractivity contribution < 1.29 is 0 Å². The van der Waals surface area contributed by atoms with E-state index in [0.29, 0.717) is 16.4 Å². The minimum atomic E-state index is 0.582. The van der Waals surface area contributed by atoms with E-state index in [-0.39, 0.29) is 0 Å². The predicted molar refractivity (Wildman–Crippen MR) is 76.1 cm³/mol. The van der Waals surface area contributed by atoms with Gasteiger partial charge in [-0.05, 0) is 53.2 Å². The van der Waals surface area contributed by atoms with Crippen molar-refractivity contribution in [1.82, 2.24) is 4.98 Å². The molecule has 2 aromatic rings. The van der Waals surface area contributed by atoms with Crippen LogP contribution in [-0.4, -0.2) is 4.98 Å². The van der Waals surface area contributed by atoms with Crippen molar-refractivity contribution in [1.29, 1.82) is 5.26 Å². The van der Waals surface area contributed by atoms with Crippen LogP contribution in [0.15, 0.2) is 34.8 Å². The van der Waals surface area contributed by atoms with Gasteiger partial charge in [-0.15, -0.1) is 0 Å². The summed E-state index contributed by atoms with van der Waals surface area (Å²) in [5, 5.41) is 12.7. The van der Waals surface area contributed by atoms with Crippen molar-refractivity contribution in [3.8, 4) is 6.07 Å². The average Bonchev–Trinajstić information content (AvgIpc) is 2.33. The molecule has 0 bridgehead atoms. The van der Waals surface area contributed by atoms with Gasteiger partial charge in [-0.25, -0.2) is 4.98 Å². The fourth-order valence-electron chi connectivity index (χ4n) is 1.52. The third-order valence-electron chi connectivity index (χ3n) is 2.27. The predicted octanol–water partition coefficient (Wildman–Crippen LogP) is 4.42. The monoisotopic (exact) mass is 321 g/mol. The highest BCUT2D eigenvalue weighted by atomic mass is 79.9. The van der Waals surface area contributed by atoms with E-state index in [1.54, 1.807) is 18.2 Å². The molecular formula is C13H9BrClN3. The Kier molecular flexibility index (Phi) is 3.85. The summed E-state index contributed by atoms with van der Waals surface area (Å²) in [5.74, 6) is 0.640. The molecule has 0 atom stereocenters. The number of nitriles is 1. The van der Waals surface area contributed by atoms with E-state index in [1.807, 2.05) is 19.1 Å². The number of pyridine rings is 1. The summed E-state index contributed by atoms with van der Waals surface area (Å²) in [4.78, 5) is 4.32. The Balaban J connectivity index is 2.31. The highest BCUT2D eigenvalue weighted by molar-refractivity contribution is 9.10. The number of halogens is 2. The fourth-order valence-corrected chi connectivity index (χ4v) is 2.02. The lowest BCUT2D eigenvalue weighted by Crippen LogP contribution is -1.96. The molecule has 0 fully saturated rings. The van der Waals surface area contributed by atoms with Gasteiger partial charge in [-0.1, -0.05) is 11.6 Å². The zero-order valence-electron chi connectivity index (χ0n) is 9.54. The van der Waals surface area contributed by atoms with Crippen LogP contribution >= 0.6 is 27.5 Å². The zero-order valence-corrected chi connectivity index (χ0v) is 11.9. The molecule has 90 valence electrons. The fraction of sp³-hybridized carbons (Fsp3) is 0.0769. The molecule has 0 aliphatic heterocycles. The molecule has 0 aliphatic rings. The van der Waals surface area contributed by atoms with E-state index < -0.39 is 0 Å². The summed E-state index contributed by atoms with van der Waals surface area (Å²) in [6.45, 7) is 1.85. The molecule has 0 amide bonds. The minimum absolute atomic E-state index is 0.582. The van der Waals surface area contributed by atoms with Crippen LogP contribution in [0, 0.1) is 18.3 Å². The Morgan fingerprint density at radius 1 is 1.33 bits per heavy atom. The molecule has 1 N–H and O–H groups in total. The molecule has 1 heterocycles. The van der Waals surface area contributed by atoms with Crippen molar-refractivity contribution in [2.75, 3.05) is 5.32 Å². The first kappa shape index (κ1) is 12.9. The first-order chi connectivity index (χ1) is 8.58. The topological polar surface area (TPSA) is 48.7 Å². The molecule has 0 radical (unpaired) electrons. The Labute approximate surface area is 119 Å². The van der Waals surface area contributed by atoms with Gasteiger partial charge < -0.3 is 5.32 Å². The lowest BCUT2D eigenvalue weighted by Gasteiger charge is -2.08. The van der Waals surface area contributed by atoms with Gasteiger partial charge in [0.15, 0.2) is 0 Å². The van der Waals surface area contributed by atoms with Gasteiger partial charge >= 0.3 is 0 Å². The van der Waals surface area contributed by atoms with Crippen LogP contribution in [0.2, 0.25) is 5.02 Å². The first-order valence-corrected chi connectivity index (χ1v) is 6.36. The molecule has 5 heteroatoms. The van der Waals surface area contributed by atoms with Gasteiger partial charge in [-0.2, -0.15) is 5.26 Å². The maximum Gasteiger partial charge on any atom is 0.131 e. The van der Waals surface area contributed by atoms with Crippen LogP contribution in [0.3, 0.4) is 0 Å². The maximum atomic E-state index is 8.90. The van der Waals surface area contributed by atoms with Crippen LogP contribution < -0.4 is 5.32 Å². The summed E-state index contributed by atoms with van der Waals surface area (Å²) in [6, 6.07) is 11.0. The maximum absolute atomic E-state index is 8.90. The van der Waals surface area contributed by atoms with Crippen LogP contribution in [0.1, 0.15) is 11.3 Å². The van der Waals surface area contributed by atoms with E-state index >= 15 is 0 Å². The minimum Gasteiger partial charge on any atom is -0.340 e. The van der Waals surface area contributed by atoms with Gasteiger partial charge in [0.05, 0.1) is 16.7 Å². The molecule has 1 aromatic carbocycles. The molecule has 0 aliphatic carbocycles. The molecule has 18 heavy (non-hydrogen) atoms. The standard InChI is InChI=1S/C13H9BrClN3/c1-8-4-9(7-16)5-13(17-8)18-10-2-3-12(15)11(14)6-10/h2-6H,1H3,(H,17,18). The van der Waals surface area contributed by atoms with Crippen LogP contribution in [-0.2, 0) is 0 Å².